The molecule has 0 fully saturated rings. The van der Waals surface area contributed by atoms with Gasteiger partial charge in [-0.25, -0.2) is 0 Å². The number of aryl methyl sites for hydroxylation is 1. The van der Waals surface area contributed by atoms with Gasteiger partial charge in [-0.15, -0.1) is 0 Å². The van der Waals surface area contributed by atoms with Crippen LogP contribution in [-0.2, 0) is 4.74 Å². The van der Waals surface area contributed by atoms with Crippen molar-refractivity contribution >= 4 is 16.9 Å². The van der Waals surface area contributed by atoms with E-state index in [1.807, 2.05) is 19.1 Å². The predicted molar refractivity (Wildman–Crippen MR) is 125 cm³/mol. The molecule has 2 heterocycles. The Balaban J connectivity index is 1.88. The zero-order chi connectivity index (χ0) is 23.5. The average molecular weight is 450 g/mol. The third kappa shape index (κ3) is 4.12. The summed E-state index contributed by atoms with van der Waals surface area (Å²) in [7, 11) is 3.17. The van der Waals surface area contributed by atoms with Gasteiger partial charge in [-0.05, 0) is 43.2 Å². The number of fused-ring (bicyclic) bond motifs is 2. The number of rotatable bonds is 9. The third-order valence-corrected chi connectivity index (χ3v) is 5.73. The van der Waals surface area contributed by atoms with E-state index in [2.05, 4.69) is 6.58 Å². The molecule has 0 aliphatic carbocycles. The summed E-state index contributed by atoms with van der Waals surface area (Å²) < 4.78 is 22.4. The smallest absolute Gasteiger partial charge is 0.290 e. The van der Waals surface area contributed by atoms with E-state index >= 15 is 0 Å². The standard InChI is InChI=1S/C26H27NO6/c1-5-12-32-20-10-8-17(15-21(20)31-4)23-22-24(28)18-14-16(2)7-9-19(18)33-25(22)26(29)27(23)11-6-13-30-3/h5,7-10,14-15,23H,1,6,11-13H2,2-4H3. The van der Waals surface area contributed by atoms with Gasteiger partial charge >= 0.3 is 0 Å². The third-order valence-electron chi connectivity index (χ3n) is 5.73. The van der Waals surface area contributed by atoms with Gasteiger partial charge in [0.05, 0.1) is 24.1 Å². The first-order valence-electron chi connectivity index (χ1n) is 10.8. The van der Waals surface area contributed by atoms with Gasteiger partial charge in [0.25, 0.3) is 5.91 Å². The minimum absolute atomic E-state index is 0.0877. The molecule has 0 saturated heterocycles. The lowest BCUT2D eigenvalue weighted by atomic mass is 9.97. The lowest BCUT2D eigenvalue weighted by molar-refractivity contribution is 0.0707. The highest BCUT2D eigenvalue weighted by atomic mass is 16.5. The van der Waals surface area contributed by atoms with Crippen molar-refractivity contribution in [1.82, 2.24) is 4.90 Å². The van der Waals surface area contributed by atoms with Crippen LogP contribution in [0.5, 0.6) is 11.5 Å². The zero-order valence-electron chi connectivity index (χ0n) is 19.1. The number of ether oxygens (including phenoxy) is 3. The van der Waals surface area contributed by atoms with E-state index in [0.717, 1.165) is 11.1 Å². The van der Waals surface area contributed by atoms with Crippen molar-refractivity contribution in [1.29, 1.82) is 0 Å². The Morgan fingerprint density at radius 1 is 1.12 bits per heavy atom. The molecule has 33 heavy (non-hydrogen) atoms. The summed E-state index contributed by atoms with van der Waals surface area (Å²) in [6, 6.07) is 10.2. The van der Waals surface area contributed by atoms with Gasteiger partial charge in [0.2, 0.25) is 5.76 Å². The van der Waals surface area contributed by atoms with Crippen LogP contribution >= 0.6 is 0 Å². The highest BCUT2D eigenvalue weighted by Crippen LogP contribution is 2.41. The lowest BCUT2D eigenvalue weighted by Crippen LogP contribution is -2.31. The maximum atomic E-state index is 13.6. The minimum Gasteiger partial charge on any atom is -0.493 e. The topological polar surface area (TPSA) is 78.2 Å². The number of hydrogen-bond acceptors (Lipinski definition) is 6. The fourth-order valence-electron chi connectivity index (χ4n) is 4.21. The molecule has 1 aromatic heterocycles. The van der Waals surface area contributed by atoms with Gasteiger partial charge in [-0.3, -0.25) is 9.59 Å². The Hall–Kier alpha value is -3.58. The van der Waals surface area contributed by atoms with Crippen molar-refractivity contribution in [3.8, 4) is 11.5 Å². The first kappa shape index (κ1) is 22.6. The summed E-state index contributed by atoms with van der Waals surface area (Å²) in [5, 5.41) is 0.461. The number of nitrogens with zero attached hydrogens (tertiary/aromatic N) is 1. The predicted octanol–water partition coefficient (Wildman–Crippen LogP) is 4.26. The Labute approximate surface area is 192 Å². The van der Waals surface area contributed by atoms with E-state index in [-0.39, 0.29) is 17.1 Å². The molecule has 1 atom stereocenters. The van der Waals surface area contributed by atoms with E-state index in [0.29, 0.717) is 54.2 Å². The van der Waals surface area contributed by atoms with Crippen LogP contribution in [0.2, 0.25) is 0 Å². The molecule has 1 aliphatic heterocycles. The quantitative estimate of drug-likeness (QED) is 0.359. The van der Waals surface area contributed by atoms with Gasteiger partial charge in [-0.1, -0.05) is 30.4 Å². The van der Waals surface area contributed by atoms with E-state index in [4.69, 9.17) is 18.6 Å². The Kier molecular flexibility index (Phi) is 6.51. The second-order valence-electron chi connectivity index (χ2n) is 7.93. The van der Waals surface area contributed by atoms with Gasteiger partial charge in [0.15, 0.2) is 16.9 Å². The molecule has 1 unspecified atom stereocenters. The molecular weight excluding hydrogens is 422 g/mol. The van der Waals surface area contributed by atoms with E-state index < -0.39 is 6.04 Å². The van der Waals surface area contributed by atoms with Crippen LogP contribution in [0.4, 0.5) is 0 Å². The minimum atomic E-state index is -0.604. The molecule has 1 aliphatic rings. The fourth-order valence-corrected chi connectivity index (χ4v) is 4.21. The summed E-state index contributed by atoms with van der Waals surface area (Å²) in [5.74, 6) is 0.840. The number of carbonyl (C=O) groups excluding carboxylic acids is 1. The SMILES string of the molecule is C=CCOc1ccc(C2c3c(oc4ccc(C)cc4c3=O)C(=O)N2CCCOC)cc1OC. The van der Waals surface area contributed by atoms with Crippen molar-refractivity contribution in [3.05, 3.63) is 81.7 Å². The van der Waals surface area contributed by atoms with Gasteiger partial charge < -0.3 is 23.5 Å². The second kappa shape index (κ2) is 9.50. The highest BCUT2D eigenvalue weighted by molar-refractivity contribution is 5.99. The Morgan fingerprint density at radius 2 is 1.94 bits per heavy atom. The van der Waals surface area contributed by atoms with E-state index in [9.17, 15) is 9.59 Å². The van der Waals surface area contributed by atoms with Crippen LogP contribution in [0.25, 0.3) is 11.0 Å². The number of carbonyl (C=O) groups is 1. The van der Waals surface area contributed by atoms with Crippen molar-refractivity contribution < 1.29 is 23.4 Å². The molecule has 0 saturated carbocycles. The first-order valence-corrected chi connectivity index (χ1v) is 10.8. The van der Waals surface area contributed by atoms with Crippen LogP contribution in [0.3, 0.4) is 0 Å². The van der Waals surface area contributed by atoms with E-state index in [1.54, 1.807) is 49.5 Å². The summed E-state index contributed by atoms with van der Waals surface area (Å²) >= 11 is 0. The van der Waals surface area contributed by atoms with Crippen LogP contribution in [0.15, 0.2) is 58.3 Å². The zero-order valence-corrected chi connectivity index (χ0v) is 19.1. The molecule has 0 spiro atoms. The van der Waals surface area contributed by atoms with E-state index in [1.165, 1.54) is 0 Å². The molecule has 4 rings (SSSR count). The molecule has 1 amide bonds. The molecule has 172 valence electrons. The van der Waals surface area contributed by atoms with Crippen molar-refractivity contribution in [2.45, 2.75) is 19.4 Å². The number of benzene rings is 2. The summed E-state index contributed by atoms with van der Waals surface area (Å²) in [5.41, 5.74) is 2.23. The fraction of sp³-hybridized carbons (Fsp3) is 0.308. The molecule has 2 aromatic carbocycles. The normalized spacial score (nSPS) is 15.1. The molecule has 3 aromatic rings. The lowest BCUT2D eigenvalue weighted by Gasteiger charge is -2.25. The highest BCUT2D eigenvalue weighted by Gasteiger charge is 2.42. The van der Waals surface area contributed by atoms with Crippen molar-refractivity contribution in [2.24, 2.45) is 0 Å². The average Bonchev–Trinajstić information content (AvgIpc) is 3.10. The molecule has 0 radical (unpaired) electrons. The maximum Gasteiger partial charge on any atom is 0.290 e. The van der Waals surface area contributed by atoms with Gasteiger partial charge in [0, 0.05) is 20.3 Å². The van der Waals surface area contributed by atoms with Crippen LogP contribution in [0.1, 0.15) is 39.7 Å². The molecular formula is C26H27NO6. The number of hydrogen-bond donors (Lipinski definition) is 0. The van der Waals surface area contributed by atoms with Crippen LogP contribution < -0.4 is 14.9 Å². The molecule has 0 bridgehead atoms. The van der Waals surface area contributed by atoms with Crippen LogP contribution in [-0.4, -0.2) is 44.8 Å². The number of amides is 1. The van der Waals surface area contributed by atoms with Crippen molar-refractivity contribution in [3.63, 3.8) is 0 Å². The Bertz CT molecular complexity index is 1260. The summed E-state index contributed by atoms with van der Waals surface area (Å²) in [4.78, 5) is 28.7. The monoisotopic (exact) mass is 449 g/mol. The molecule has 7 nitrogen and oxygen atoms in total. The van der Waals surface area contributed by atoms with Crippen LogP contribution in [0, 0.1) is 6.92 Å². The molecule has 7 heteroatoms. The molecule has 0 N–H and O–H groups in total. The summed E-state index contributed by atoms with van der Waals surface area (Å²) in [6.45, 7) is 6.82. The van der Waals surface area contributed by atoms with Gasteiger partial charge in [-0.2, -0.15) is 0 Å². The Morgan fingerprint density at radius 3 is 2.67 bits per heavy atom. The largest absolute Gasteiger partial charge is 0.493 e. The maximum absolute atomic E-state index is 13.6. The van der Waals surface area contributed by atoms with Gasteiger partial charge in [0.1, 0.15) is 12.2 Å². The first-order chi connectivity index (χ1) is 16.0. The summed E-state index contributed by atoms with van der Waals surface area (Å²) in [6.07, 6.45) is 2.27. The van der Waals surface area contributed by atoms with Crippen molar-refractivity contribution in [2.75, 3.05) is 34.0 Å². The number of methoxy groups -OCH3 is 2. The second-order valence-corrected chi connectivity index (χ2v) is 7.93.